The summed E-state index contributed by atoms with van der Waals surface area (Å²) in [5.74, 6) is 1.16. The summed E-state index contributed by atoms with van der Waals surface area (Å²) >= 11 is 1.74. The van der Waals surface area contributed by atoms with Gasteiger partial charge in [0.1, 0.15) is 0 Å². The van der Waals surface area contributed by atoms with Gasteiger partial charge in [-0.05, 0) is 56.0 Å². The Labute approximate surface area is 192 Å². The molecule has 3 aliphatic rings. The lowest BCUT2D eigenvalue weighted by Crippen LogP contribution is -2.43. The number of rotatable bonds is 5. The second kappa shape index (κ2) is 8.82. The van der Waals surface area contributed by atoms with Gasteiger partial charge in [-0.25, -0.2) is 4.99 Å². The number of para-hydroxylation sites is 1. The van der Waals surface area contributed by atoms with Crippen LogP contribution in [-0.4, -0.2) is 34.2 Å². The molecule has 0 radical (unpaired) electrons. The number of amides is 2. The fourth-order valence-corrected chi connectivity index (χ4v) is 5.18. The molecule has 164 valence electrons. The smallest absolute Gasteiger partial charge is 0.255 e. The zero-order valence-corrected chi connectivity index (χ0v) is 18.8. The van der Waals surface area contributed by atoms with E-state index in [1.165, 1.54) is 0 Å². The van der Waals surface area contributed by atoms with Gasteiger partial charge in [0.05, 0.1) is 17.3 Å². The van der Waals surface area contributed by atoms with E-state index in [1.54, 1.807) is 11.8 Å². The van der Waals surface area contributed by atoms with Crippen LogP contribution in [-0.2, 0) is 9.59 Å². The van der Waals surface area contributed by atoms with Crippen LogP contribution in [0.4, 0.5) is 11.4 Å². The number of allylic oxidation sites excluding steroid dienone is 1. The number of amidine groups is 1. The molecule has 1 saturated heterocycles. The van der Waals surface area contributed by atoms with Crippen molar-refractivity contribution >= 4 is 40.1 Å². The molecule has 1 atom stereocenters. The Balaban J connectivity index is 1.46. The maximum absolute atomic E-state index is 13.4. The second-order valence-corrected chi connectivity index (χ2v) is 9.46. The van der Waals surface area contributed by atoms with Crippen molar-refractivity contribution in [3.63, 3.8) is 0 Å². The van der Waals surface area contributed by atoms with Crippen molar-refractivity contribution in [2.45, 2.75) is 32.2 Å². The standard InChI is InChI=1S/C25H26N4O2S/c1-16-21(24(31)28-19-6-3-2-4-7-19)22(29-14-5-15-32-25(29)26-16)17-10-12-20(13-11-17)27-23(30)18-8-9-18/h2-4,6-7,10-13,18,22H,5,8-9,14-15H2,1H3,(H,27,30)(H,28,31). The number of thioether (sulfide) groups is 1. The molecule has 5 rings (SSSR count). The quantitative estimate of drug-likeness (QED) is 0.692. The topological polar surface area (TPSA) is 73.8 Å². The Hall–Kier alpha value is -3.06. The van der Waals surface area contributed by atoms with Crippen LogP contribution in [0.15, 0.2) is 70.9 Å². The van der Waals surface area contributed by atoms with Crippen molar-refractivity contribution in [1.82, 2.24) is 4.90 Å². The van der Waals surface area contributed by atoms with E-state index >= 15 is 0 Å². The van der Waals surface area contributed by atoms with Crippen LogP contribution in [0.25, 0.3) is 0 Å². The first-order chi connectivity index (χ1) is 15.6. The summed E-state index contributed by atoms with van der Waals surface area (Å²) in [6.45, 7) is 2.77. The van der Waals surface area contributed by atoms with Gasteiger partial charge in [0, 0.05) is 29.6 Å². The van der Waals surface area contributed by atoms with Gasteiger partial charge in [-0.1, -0.05) is 42.1 Å². The summed E-state index contributed by atoms with van der Waals surface area (Å²) in [6.07, 6.45) is 3.00. The summed E-state index contributed by atoms with van der Waals surface area (Å²) < 4.78 is 0. The van der Waals surface area contributed by atoms with Crippen LogP contribution in [0.3, 0.4) is 0 Å². The fourth-order valence-electron chi connectivity index (χ4n) is 4.16. The Kier molecular flexibility index (Phi) is 5.74. The first kappa shape index (κ1) is 20.8. The van der Waals surface area contributed by atoms with Crippen LogP contribution in [0.1, 0.15) is 37.8 Å². The average Bonchev–Trinajstić information content (AvgIpc) is 3.65. The molecule has 2 fully saturated rings. The van der Waals surface area contributed by atoms with Gasteiger partial charge in [-0.3, -0.25) is 9.59 Å². The summed E-state index contributed by atoms with van der Waals surface area (Å²) in [5.41, 5.74) is 3.98. The number of anilines is 2. The second-order valence-electron chi connectivity index (χ2n) is 8.40. The number of fused-ring (bicyclic) bond motifs is 1. The summed E-state index contributed by atoms with van der Waals surface area (Å²) in [4.78, 5) is 32.5. The molecule has 6 nitrogen and oxygen atoms in total. The highest BCUT2D eigenvalue weighted by molar-refractivity contribution is 8.13. The highest BCUT2D eigenvalue weighted by Crippen LogP contribution is 2.40. The summed E-state index contributed by atoms with van der Waals surface area (Å²) in [7, 11) is 0. The molecule has 2 amide bonds. The van der Waals surface area contributed by atoms with Crippen molar-refractivity contribution in [3.05, 3.63) is 71.4 Å². The van der Waals surface area contributed by atoms with Crippen LogP contribution in [0, 0.1) is 5.92 Å². The largest absolute Gasteiger partial charge is 0.340 e. The molecular weight excluding hydrogens is 420 g/mol. The molecule has 1 saturated carbocycles. The predicted octanol–water partition coefficient (Wildman–Crippen LogP) is 4.80. The van der Waals surface area contributed by atoms with E-state index in [0.717, 1.165) is 59.4 Å². The van der Waals surface area contributed by atoms with Crippen molar-refractivity contribution in [3.8, 4) is 0 Å². The molecule has 32 heavy (non-hydrogen) atoms. The third-order valence-corrected chi connectivity index (χ3v) is 7.05. The molecule has 2 aromatic rings. The summed E-state index contributed by atoms with van der Waals surface area (Å²) in [6, 6.07) is 17.2. The van der Waals surface area contributed by atoms with E-state index in [-0.39, 0.29) is 23.8 Å². The lowest BCUT2D eigenvalue weighted by Gasteiger charge is -2.41. The van der Waals surface area contributed by atoms with E-state index in [9.17, 15) is 9.59 Å². The van der Waals surface area contributed by atoms with Crippen molar-refractivity contribution < 1.29 is 9.59 Å². The van der Waals surface area contributed by atoms with Crippen molar-refractivity contribution in [2.24, 2.45) is 10.9 Å². The third-order valence-electron chi connectivity index (χ3n) is 5.98. The minimum Gasteiger partial charge on any atom is -0.340 e. The number of hydrogen-bond acceptors (Lipinski definition) is 5. The van der Waals surface area contributed by atoms with Gasteiger partial charge < -0.3 is 15.5 Å². The van der Waals surface area contributed by atoms with E-state index < -0.39 is 0 Å². The summed E-state index contributed by atoms with van der Waals surface area (Å²) in [5, 5.41) is 7.00. The van der Waals surface area contributed by atoms with Gasteiger partial charge in [0.2, 0.25) is 5.91 Å². The average molecular weight is 447 g/mol. The number of benzene rings is 2. The number of carbonyl (C=O) groups is 2. The molecule has 2 N–H and O–H groups in total. The molecule has 2 aliphatic heterocycles. The minimum atomic E-state index is -0.216. The van der Waals surface area contributed by atoms with Crippen LogP contribution in [0.5, 0.6) is 0 Å². The van der Waals surface area contributed by atoms with Crippen LogP contribution in [0.2, 0.25) is 0 Å². The molecule has 2 aromatic carbocycles. The molecule has 0 aromatic heterocycles. The molecule has 7 heteroatoms. The third kappa shape index (κ3) is 4.30. The molecule has 0 spiro atoms. The number of carbonyl (C=O) groups excluding carboxylic acids is 2. The maximum Gasteiger partial charge on any atom is 0.255 e. The SMILES string of the molecule is CC1=C(C(=O)Nc2ccccc2)C(c2ccc(NC(=O)C3CC3)cc2)N2CCCSC2=N1. The fraction of sp³-hybridized carbons (Fsp3) is 0.320. The lowest BCUT2D eigenvalue weighted by atomic mass is 9.93. The van der Waals surface area contributed by atoms with Gasteiger partial charge in [0.25, 0.3) is 5.91 Å². The van der Waals surface area contributed by atoms with E-state index in [0.29, 0.717) is 5.57 Å². The van der Waals surface area contributed by atoms with Gasteiger partial charge in [-0.2, -0.15) is 0 Å². The van der Waals surface area contributed by atoms with Gasteiger partial charge in [0.15, 0.2) is 5.17 Å². The molecule has 1 aliphatic carbocycles. The number of aliphatic imine (C=N–C) groups is 1. The normalized spacial score (nSPS) is 20.3. The minimum absolute atomic E-state index is 0.0935. The molecule has 1 unspecified atom stereocenters. The number of nitrogens with one attached hydrogen (secondary N) is 2. The van der Waals surface area contributed by atoms with E-state index in [4.69, 9.17) is 4.99 Å². The molecule has 2 heterocycles. The number of hydrogen-bond donors (Lipinski definition) is 2. The monoisotopic (exact) mass is 446 g/mol. The molecule has 0 bridgehead atoms. The Morgan fingerprint density at radius 3 is 2.44 bits per heavy atom. The Morgan fingerprint density at radius 1 is 1.00 bits per heavy atom. The Morgan fingerprint density at radius 2 is 1.72 bits per heavy atom. The van der Waals surface area contributed by atoms with E-state index in [2.05, 4.69) is 15.5 Å². The zero-order chi connectivity index (χ0) is 22.1. The number of nitrogens with zero attached hydrogens (tertiary/aromatic N) is 2. The van der Waals surface area contributed by atoms with E-state index in [1.807, 2.05) is 61.5 Å². The van der Waals surface area contributed by atoms with Crippen molar-refractivity contribution in [2.75, 3.05) is 22.9 Å². The lowest BCUT2D eigenvalue weighted by molar-refractivity contribution is -0.117. The first-order valence-electron chi connectivity index (χ1n) is 11.1. The molecular formula is C25H26N4O2S. The van der Waals surface area contributed by atoms with Crippen LogP contribution < -0.4 is 10.6 Å². The van der Waals surface area contributed by atoms with Gasteiger partial charge >= 0.3 is 0 Å². The maximum atomic E-state index is 13.4. The predicted molar refractivity (Wildman–Crippen MR) is 130 cm³/mol. The van der Waals surface area contributed by atoms with Gasteiger partial charge in [-0.15, -0.1) is 0 Å². The highest BCUT2D eigenvalue weighted by Gasteiger charge is 2.37. The van der Waals surface area contributed by atoms with Crippen molar-refractivity contribution in [1.29, 1.82) is 0 Å². The zero-order valence-electron chi connectivity index (χ0n) is 18.0. The Bertz CT molecular complexity index is 1090. The first-order valence-corrected chi connectivity index (χ1v) is 12.0. The van der Waals surface area contributed by atoms with Crippen LogP contribution >= 0.6 is 11.8 Å². The highest BCUT2D eigenvalue weighted by atomic mass is 32.2.